The minimum absolute atomic E-state index is 0.250. The molecule has 370 valence electrons. The van der Waals surface area contributed by atoms with Gasteiger partial charge in [0.1, 0.15) is 48.8 Å². The Balaban J connectivity index is 1.88. The van der Waals surface area contributed by atoms with Crippen LogP contribution in [0.2, 0.25) is 0 Å². The van der Waals surface area contributed by atoms with E-state index >= 15 is 0 Å². The van der Waals surface area contributed by atoms with Crippen LogP contribution in [0.1, 0.15) is 155 Å². The van der Waals surface area contributed by atoms with Gasteiger partial charge >= 0.3 is 0 Å². The highest BCUT2D eigenvalue weighted by molar-refractivity contribution is 5.76. The van der Waals surface area contributed by atoms with Crippen molar-refractivity contribution >= 4 is 5.91 Å². The molecule has 0 radical (unpaired) electrons. The van der Waals surface area contributed by atoms with Gasteiger partial charge in [0.05, 0.1) is 32.0 Å². The fourth-order valence-corrected chi connectivity index (χ4v) is 7.69. The summed E-state index contributed by atoms with van der Waals surface area (Å²) < 4.78 is 22.6. The van der Waals surface area contributed by atoms with Crippen molar-refractivity contribution in [2.75, 3.05) is 19.8 Å². The van der Waals surface area contributed by atoms with Crippen molar-refractivity contribution in [3.05, 3.63) is 60.8 Å². The van der Waals surface area contributed by atoms with Gasteiger partial charge in [-0.05, 0) is 57.8 Å². The number of amides is 1. The Hall–Kier alpha value is -2.31. The Labute approximate surface area is 384 Å². The number of carbonyl (C=O) groups is 1. The second kappa shape index (κ2) is 36.8. The number of aliphatic hydroxyl groups is 8. The van der Waals surface area contributed by atoms with Crippen LogP contribution in [-0.2, 0) is 23.7 Å². The Morgan fingerprint density at radius 1 is 0.578 bits per heavy atom. The second-order valence-corrected chi connectivity index (χ2v) is 17.2. The van der Waals surface area contributed by atoms with Crippen LogP contribution in [0.5, 0.6) is 0 Å². The standard InChI is InChI=1S/C50H87NO13/c1-3-5-7-9-11-13-15-17-18-19-20-22-24-26-28-30-32-34-42(55)51-38(39(54)33-31-29-27-25-23-21-16-14-12-10-8-6-4-2)37-61-49-47(60)45(58)48(41(36-53)63-49)64-50-46(59)44(57)43(56)40(35-52)62-50/h5,7,11,13,17-18,20,22,31,33,38-41,43-50,52-54,56-60H,3-4,6,8-10,12,14-16,19,21,23-30,32,34-37H2,1-2H3,(H,51,55)/b7-5-,13-11-,18-17-,22-20-,33-31+. The Kier molecular flexibility index (Phi) is 33.2. The highest BCUT2D eigenvalue weighted by Crippen LogP contribution is 2.30. The summed E-state index contributed by atoms with van der Waals surface area (Å²) in [5.41, 5.74) is 0. The number of aliphatic hydroxyl groups excluding tert-OH is 8. The highest BCUT2D eigenvalue weighted by Gasteiger charge is 2.51. The zero-order valence-electron chi connectivity index (χ0n) is 39.0. The van der Waals surface area contributed by atoms with Crippen LogP contribution in [0.25, 0.3) is 0 Å². The van der Waals surface area contributed by atoms with E-state index < -0.39 is 86.8 Å². The lowest BCUT2D eigenvalue weighted by Crippen LogP contribution is -2.65. The number of rotatable bonds is 36. The van der Waals surface area contributed by atoms with Gasteiger partial charge in [-0.2, -0.15) is 0 Å². The van der Waals surface area contributed by atoms with E-state index in [0.717, 1.165) is 70.6 Å². The van der Waals surface area contributed by atoms with Crippen LogP contribution < -0.4 is 5.32 Å². The van der Waals surface area contributed by atoms with Gasteiger partial charge in [-0.1, -0.05) is 152 Å². The number of ether oxygens (including phenoxy) is 4. The second-order valence-electron chi connectivity index (χ2n) is 17.2. The molecule has 2 aliphatic heterocycles. The first-order valence-corrected chi connectivity index (χ1v) is 24.5. The summed E-state index contributed by atoms with van der Waals surface area (Å²) >= 11 is 0. The maximum absolute atomic E-state index is 13.1. The van der Waals surface area contributed by atoms with Crippen LogP contribution in [0.15, 0.2) is 60.8 Å². The normalized spacial score (nSPS) is 27.8. The zero-order valence-corrected chi connectivity index (χ0v) is 39.0. The van der Waals surface area contributed by atoms with Crippen molar-refractivity contribution in [3.63, 3.8) is 0 Å². The van der Waals surface area contributed by atoms with E-state index in [0.29, 0.717) is 6.42 Å². The van der Waals surface area contributed by atoms with Crippen molar-refractivity contribution in [2.45, 2.75) is 229 Å². The molecular weight excluding hydrogens is 823 g/mol. The zero-order chi connectivity index (χ0) is 46.8. The summed E-state index contributed by atoms with van der Waals surface area (Å²) in [6, 6.07) is -0.928. The molecular formula is C50H87NO13. The molecule has 2 fully saturated rings. The predicted molar refractivity (Wildman–Crippen MR) is 249 cm³/mol. The van der Waals surface area contributed by atoms with Crippen LogP contribution in [0.4, 0.5) is 0 Å². The maximum atomic E-state index is 13.1. The lowest BCUT2D eigenvalue weighted by Gasteiger charge is -2.46. The average molecular weight is 910 g/mol. The maximum Gasteiger partial charge on any atom is 0.220 e. The molecule has 0 aliphatic carbocycles. The molecule has 0 aromatic carbocycles. The third kappa shape index (κ3) is 23.9. The average Bonchev–Trinajstić information content (AvgIpc) is 3.29. The monoisotopic (exact) mass is 910 g/mol. The summed E-state index contributed by atoms with van der Waals surface area (Å²) in [5, 5.41) is 86.6. The molecule has 1 amide bonds. The first-order chi connectivity index (χ1) is 31.1. The number of hydrogen-bond acceptors (Lipinski definition) is 13. The van der Waals surface area contributed by atoms with Crippen LogP contribution in [0.3, 0.4) is 0 Å². The van der Waals surface area contributed by atoms with Crippen molar-refractivity contribution in [3.8, 4) is 0 Å². The molecule has 0 bridgehead atoms. The fourth-order valence-electron chi connectivity index (χ4n) is 7.69. The lowest BCUT2D eigenvalue weighted by molar-refractivity contribution is -0.359. The SMILES string of the molecule is CC/C=C\C/C=C\C/C=C\C/C=C\CCCCCCC(=O)NC(COC1OC(CO)C(OC2OC(CO)C(O)C(O)C2O)C(O)C1O)C(O)/C=C/CCCCCCCCCCCCC. The third-order valence-corrected chi connectivity index (χ3v) is 11.7. The van der Waals surface area contributed by atoms with E-state index in [1.54, 1.807) is 6.08 Å². The molecule has 0 aromatic rings. The third-order valence-electron chi connectivity index (χ3n) is 11.7. The van der Waals surface area contributed by atoms with E-state index in [1.807, 2.05) is 6.08 Å². The lowest BCUT2D eigenvalue weighted by atomic mass is 9.97. The molecule has 2 aliphatic rings. The van der Waals surface area contributed by atoms with Crippen LogP contribution in [0, 0.1) is 0 Å². The molecule has 0 aromatic heterocycles. The molecule has 2 heterocycles. The van der Waals surface area contributed by atoms with Crippen molar-refractivity contribution in [2.24, 2.45) is 0 Å². The van der Waals surface area contributed by atoms with Gasteiger partial charge in [-0.15, -0.1) is 0 Å². The Bertz CT molecular complexity index is 1310. The number of allylic oxidation sites excluding steroid dienone is 9. The number of unbranched alkanes of at least 4 members (excludes halogenated alkanes) is 15. The quantitative estimate of drug-likeness (QED) is 0.0265. The number of nitrogens with one attached hydrogen (secondary N) is 1. The minimum Gasteiger partial charge on any atom is -0.394 e. The van der Waals surface area contributed by atoms with E-state index in [9.17, 15) is 45.6 Å². The topological polar surface area (TPSA) is 228 Å². The number of hydrogen-bond donors (Lipinski definition) is 9. The molecule has 0 spiro atoms. The minimum atomic E-state index is -1.79. The summed E-state index contributed by atoms with van der Waals surface area (Å²) in [4.78, 5) is 13.1. The van der Waals surface area contributed by atoms with Gasteiger partial charge in [0, 0.05) is 6.42 Å². The van der Waals surface area contributed by atoms with Gasteiger partial charge in [-0.3, -0.25) is 4.79 Å². The molecule has 9 N–H and O–H groups in total. The molecule has 0 saturated carbocycles. The number of carbonyl (C=O) groups excluding carboxylic acids is 1. The van der Waals surface area contributed by atoms with Crippen LogP contribution in [-0.4, -0.2) is 140 Å². The Morgan fingerprint density at radius 3 is 1.66 bits per heavy atom. The molecule has 64 heavy (non-hydrogen) atoms. The van der Waals surface area contributed by atoms with Crippen molar-refractivity contribution in [1.82, 2.24) is 5.32 Å². The Morgan fingerprint density at radius 2 is 1.08 bits per heavy atom. The van der Waals surface area contributed by atoms with Gasteiger partial charge in [0.2, 0.25) is 5.91 Å². The molecule has 12 unspecified atom stereocenters. The molecule has 12 atom stereocenters. The van der Waals surface area contributed by atoms with Gasteiger partial charge in [0.25, 0.3) is 0 Å². The summed E-state index contributed by atoms with van der Waals surface area (Å²) in [5.74, 6) is -0.267. The summed E-state index contributed by atoms with van der Waals surface area (Å²) in [7, 11) is 0. The first kappa shape index (κ1) is 57.8. The first-order valence-electron chi connectivity index (χ1n) is 24.5. The summed E-state index contributed by atoms with van der Waals surface area (Å²) in [6.45, 7) is 2.62. The highest BCUT2D eigenvalue weighted by atomic mass is 16.7. The largest absolute Gasteiger partial charge is 0.394 e. The van der Waals surface area contributed by atoms with Gasteiger partial charge in [0.15, 0.2) is 12.6 Å². The molecule has 2 rings (SSSR count). The predicted octanol–water partition coefficient (Wildman–Crippen LogP) is 5.88. The van der Waals surface area contributed by atoms with Gasteiger partial charge < -0.3 is 65.1 Å². The van der Waals surface area contributed by atoms with Crippen molar-refractivity contribution in [1.29, 1.82) is 0 Å². The van der Waals surface area contributed by atoms with Crippen molar-refractivity contribution < 1.29 is 64.6 Å². The smallest absolute Gasteiger partial charge is 0.220 e. The van der Waals surface area contributed by atoms with E-state index in [1.165, 1.54) is 57.8 Å². The molecule has 14 nitrogen and oxygen atoms in total. The van der Waals surface area contributed by atoms with Crippen LogP contribution >= 0.6 is 0 Å². The summed E-state index contributed by atoms with van der Waals surface area (Å²) in [6.07, 6.45) is 26.8. The van der Waals surface area contributed by atoms with E-state index in [2.05, 4.69) is 67.8 Å². The fraction of sp³-hybridized carbons (Fsp3) is 0.780. The van der Waals surface area contributed by atoms with Gasteiger partial charge in [-0.25, -0.2) is 0 Å². The molecule has 2 saturated heterocycles. The van der Waals surface area contributed by atoms with E-state index in [-0.39, 0.29) is 18.9 Å². The van der Waals surface area contributed by atoms with E-state index in [4.69, 9.17) is 18.9 Å². The molecule has 14 heteroatoms.